The Kier molecular flexibility index (Phi) is 2.58. The summed E-state index contributed by atoms with van der Waals surface area (Å²) in [5, 5.41) is 19.8. The van der Waals surface area contributed by atoms with Crippen molar-refractivity contribution in [3.05, 3.63) is 21.9 Å². The molecule has 1 heterocycles. The van der Waals surface area contributed by atoms with Gasteiger partial charge in [-0.25, -0.2) is 4.79 Å². The lowest BCUT2D eigenvalue weighted by Crippen LogP contribution is -2.37. The zero-order chi connectivity index (χ0) is 11.0. The molecule has 2 rings (SSSR count). The van der Waals surface area contributed by atoms with Crippen molar-refractivity contribution in [1.82, 2.24) is 0 Å². The summed E-state index contributed by atoms with van der Waals surface area (Å²) in [7, 11) is 0. The number of aliphatic hydroxyl groups is 1. The second-order valence-electron chi connectivity index (χ2n) is 3.55. The van der Waals surface area contributed by atoms with Crippen LogP contribution in [0.1, 0.15) is 21.7 Å². The molecule has 0 saturated carbocycles. The van der Waals surface area contributed by atoms with Crippen molar-refractivity contribution in [2.75, 3.05) is 0 Å². The molecule has 2 N–H and O–H groups in total. The monoisotopic (exact) mass is 226 g/mol. The van der Waals surface area contributed by atoms with Crippen LogP contribution in [-0.4, -0.2) is 28.1 Å². The third-order valence-corrected chi connectivity index (χ3v) is 3.64. The van der Waals surface area contributed by atoms with Crippen molar-refractivity contribution in [3.63, 3.8) is 0 Å². The molecule has 0 saturated heterocycles. The van der Waals surface area contributed by atoms with Crippen LogP contribution in [0.5, 0.6) is 0 Å². The van der Waals surface area contributed by atoms with Gasteiger partial charge in [0.25, 0.3) is 0 Å². The Labute approximate surface area is 90.2 Å². The number of ketones is 1. The fourth-order valence-corrected chi connectivity index (χ4v) is 2.74. The minimum atomic E-state index is -1.58. The summed E-state index contributed by atoms with van der Waals surface area (Å²) in [5.74, 6) is -2.36. The summed E-state index contributed by atoms with van der Waals surface area (Å²) in [6.45, 7) is 0. The predicted octanol–water partition coefficient (Wildman–Crippen LogP) is 0.939. The number of hydrogen-bond acceptors (Lipinski definition) is 4. The van der Waals surface area contributed by atoms with Crippen LogP contribution in [0, 0.1) is 5.92 Å². The number of rotatable bonds is 2. The van der Waals surface area contributed by atoms with Gasteiger partial charge in [0, 0.05) is 10.4 Å². The van der Waals surface area contributed by atoms with E-state index in [1.165, 1.54) is 11.3 Å². The standard InChI is InChI=1S/C10H10O4S/c11-8-5-3-4-15-7(5)2-1-6(8)9(12)10(13)14/h3-4,6,9,12H,1-2H2,(H,13,14)/t6-,9-/m1/s1. The molecular weight excluding hydrogens is 216 g/mol. The van der Waals surface area contributed by atoms with Gasteiger partial charge in [-0.3, -0.25) is 4.79 Å². The summed E-state index contributed by atoms with van der Waals surface area (Å²) in [6.07, 6.45) is -0.487. The van der Waals surface area contributed by atoms with Crippen molar-refractivity contribution in [2.24, 2.45) is 5.92 Å². The van der Waals surface area contributed by atoms with Gasteiger partial charge in [0.1, 0.15) is 0 Å². The minimum Gasteiger partial charge on any atom is -0.479 e. The van der Waals surface area contributed by atoms with Crippen LogP contribution in [0.25, 0.3) is 0 Å². The number of aliphatic carboxylic acids is 1. The molecule has 80 valence electrons. The van der Waals surface area contributed by atoms with Crippen molar-refractivity contribution >= 4 is 23.1 Å². The third-order valence-electron chi connectivity index (χ3n) is 2.66. The number of thiophene rings is 1. The first-order valence-corrected chi connectivity index (χ1v) is 5.50. The SMILES string of the molecule is O=C1c2ccsc2CC[C@H]1[C@@H](O)C(=O)O. The van der Waals surface area contributed by atoms with Gasteiger partial charge in [-0.2, -0.15) is 0 Å². The van der Waals surface area contributed by atoms with E-state index in [2.05, 4.69) is 0 Å². The molecule has 0 aromatic carbocycles. The Morgan fingerprint density at radius 2 is 2.33 bits per heavy atom. The number of aryl methyl sites for hydroxylation is 1. The average Bonchev–Trinajstić information content (AvgIpc) is 2.66. The van der Waals surface area contributed by atoms with E-state index in [1.54, 1.807) is 6.07 Å². The molecular formula is C10H10O4S. The number of carbonyl (C=O) groups excluding carboxylic acids is 1. The molecule has 0 spiro atoms. The van der Waals surface area contributed by atoms with Crippen LogP contribution in [-0.2, 0) is 11.2 Å². The van der Waals surface area contributed by atoms with Crippen LogP contribution >= 0.6 is 11.3 Å². The summed E-state index contributed by atoms with van der Waals surface area (Å²) in [6, 6.07) is 1.70. The number of Topliss-reactive ketones (excluding diaryl/α,β-unsaturated/α-hetero) is 1. The number of carboxylic acids is 1. The lowest BCUT2D eigenvalue weighted by Gasteiger charge is -2.22. The number of hydrogen-bond donors (Lipinski definition) is 2. The highest BCUT2D eigenvalue weighted by molar-refractivity contribution is 7.10. The second kappa shape index (κ2) is 3.75. The number of aliphatic hydroxyl groups excluding tert-OH is 1. The van der Waals surface area contributed by atoms with E-state index in [9.17, 15) is 14.7 Å². The molecule has 1 aliphatic rings. The summed E-state index contributed by atoms with van der Waals surface area (Å²) in [5.41, 5.74) is 0.580. The number of fused-ring (bicyclic) bond motifs is 1. The van der Waals surface area contributed by atoms with Gasteiger partial charge < -0.3 is 10.2 Å². The maximum Gasteiger partial charge on any atom is 0.333 e. The largest absolute Gasteiger partial charge is 0.479 e. The predicted molar refractivity (Wildman–Crippen MR) is 54.1 cm³/mol. The molecule has 0 bridgehead atoms. The van der Waals surface area contributed by atoms with Gasteiger partial charge >= 0.3 is 5.97 Å². The Morgan fingerprint density at radius 1 is 1.60 bits per heavy atom. The smallest absolute Gasteiger partial charge is 0.333 e. The highest BCUT2D eigenvalue weighted by Gasteiger charge is 2.36. The number of carboxylic acid groups (broad SMARTS) is 1. The molecule has 0 radical (unpaired) electrons. The maximum absolute atomic E-state index is 11.8. The van der Waals surface area contributed by atoms with Gasteiger partial charge in [0.05, 0.1) is 5.92 Å². The van der Waals surface area contributed by atoms with Crippen LogP contribution < -0.4 is 0 Å². The minimum absolute atomic E-state index is 0.243. The van der Waals surface area contributed by atoms with Crippen LogP contribution in [0.2, 0.25) is 0 Å². The van der Waals surface area contributed by atoms with Crippen molar-refractivity contribution in [2.45, 2.75) is 18.9 Å². The Morgan fingerprint density at radius 3 is 3.00 bits per heavy atom. The quantitative estimate of drug-likeness (QED) is 0.787. The molecule has 1 aliphatic carbocycles. The third kappa shape index (κ3) is 1.68. The molecule has 1 aromatic heterocycles. The molecule has 4 nitrogen and oxygen atoms in total. The van der Waals surface area contributed by atoms with Gasteiger partial charge in [-0.1, -0.05) is 0 Å². The average molecular weight is 226 g/mol. The Balaban J connectivity index is 2.27. The van der Waals surface area contributed by atoms with Gasteiger partial charge in [-0.05, 0) is 24.3 Å². The zero-order valence-corrected chi connectivity index (χ0v) is 8.66. The summed E-state index contributed by atoms with van der Waals surface area (Å²) >= 11 is 1.50. The molecule has 0 fully saturated rings. The van der Waals surface area contributed by atoms with Gasteiger partial charge in [0.2, 0.25) is 0 Å². The summed E-state index contributed by atoms with van der Waals surface area (Å²) < 4.78 is 0. The van der Waals surface area contributed by atoms with E-state index >= 15 is 0 Å². The number of carbonyl (C=O) groups is 2. The summed E-state index contributed by atoms with van der Waals surface area (Å²) in [4.78, 5) is 23.4. The van der Waals surface area contributed by atoms with E-state index in [4.69, 9.17) is 5.11 Å². The van der Waals surface area contributed by atoms with Crippen LogP contribution in [0.4, 0.5) is 0 Å². The molecule has 0 unspecified atom stereocenters. The van der Waals surface area contributed by atoms with Crippen LogP contribution in [0.3, 0.4) is 0 Å². The lowest BCUT2D eigenvalue weighted by molar-refractivity contribution is -0.148. The first-order chi connectivity index (χ1) is 7.11. The first-order valence-electron chi connectivity index (χ1n) is 4.62. The van der Waals surface area contributed by atoms with Gasteiger partial charge in [-0.15, -0.1) is 11.3 Å². The van der Waals surface area contributed by atoms with E-state index in [-0.39, 0.29) is 5.78 Å². The molecule has 2 atom stereocenters. The van der Waals surface area contributed by atoms with Crippen molar-refractivity contribution in [1.29, 1.82) is 0 Å². The molecule has 0 amide bonds. The van der Waals surface area contributed by atoms with Crippen molar-refractivity contribution < 1.29 is 19.8 Å². The zero-order valence-electron chi connectivity index (χ0n) is 7.84. The van der Waals surface area contributed by atoms with E-state index in [0.717, 1.165) is 4.88 Å². The fraction of sp³-hybridized carbons (Fsp3) is 0.400. The van der Waals surface area contributed by atoms with Gasteiger partial charge in [0.15, 0.2) is 11.9 Å². The highest BCUT2D eigenvalue weighted by Crippen LogP contribution is 2.31. The highest BCUT2D eigenvalue weighted by atomic mass is 32.1. The lowest BCUT2D eigenvalue weighted by atomic mass is 9.83. The van der Waals surface area contributed by atoms with Crippen LogP contribution in [0.15, 0.2) is 11.4 Å². The fourth-order valence-electron chi connectivity index (χ4n) is 1.84. The second-order valence-corrected chi connectivity index (χ2v) is 4.55. The van der Waals surface area contributed by atoms with Crippen molar-refractivity contribution in [3.8, 4) is 0 Å². The molecule has 0 aliphatic heterocycles. The molecule has 15 heavy (non-hydrogen) atoms. The first kappa shape index (κ1) is 10.3. The topological polar surface area (TPSA) is 74.6 Å². The molecule has 1 aromatic rings. The van der Waals surface area contributed by atoms with E-state index in [0.29, 0.717) is 18.4 Å². The normalized spacial score (nSPS) is 22.2. The van der Waals surface area contributed by atoms with E-state index in [1.807, 2.05) is 5.38 Å². The Bertz CT molecular complexity index is 409. The Hall–Kier alpha value is -1.20. The molecule has 5 heteroatoms. The maximum atomic E-state index is 11.8. The van der Waals surface area contributed by atoms with E-state index < -0.39 is 18.0 Å².